The highest BCUT2D eigenvalue weighted by Gasteiger charge is 2.25. The molecular formula is C26H33N3O3. The molecule has 0 radical (unpaired) electrons. The second kappa shape index (κ2) is 12.5. The molecule has 6 heteroatoms. The topological polar surface area (TPSA) is 82.4 Å². The third kappa shape index (κ3) is 6.58. The molecule has 1 saturated heterocycles. The molecule has 170 valence electrons. The van der Waals surface area contributed by atoms with Gasteiger partial charge in [0, 0.05) is 24.3 Å². The second-order valence-electron chi connectivity index (χ2n) is 7.59. The molecule has 0 unspecified atom stereocenters. The molecule has 1 aliphatic heterocycles. The molecule has 1 aliphatic rings. The number of amides is 2. The number of hydrogen-bond donors (Lipinski definition) is 1. The average Bonchev–Trinajstić information content (AvgIpc) is 2.85. The molecule has 2 aromatic rings. The van der Waals surface area contributed by atoms with E-state index in [0.717, 1.165) is 24.8 Å². The minimum Gasteiger partial charge on any atom is -0.449 e. The lowest BCUT2D eigenvalue weighted by molar-refractivity contribution is 0.0713. The molecule has 0 spiro atoms. The third-order valence-corrected chi connectivity index (χ3v) is 5.45. The number of nitrogens with one attached hydrogen (secondary N) is 1. The second-order valence-corrected chi connectivity index (χ2v) is 7.59. The summed E-state index contributed by atoms with van der Waals surface area (Å²) in [6.07, 6.45) is 2.02. The van der Waals surface area contributed by atoms with E-state index in [-0.39, 0.29) is 5.91 Å². The van der Waals surface area contributed by atoms with Gasteiger partial charge in [0.15, 0.2) is 0 Å². The molecule has 0 saturated carbocycles. The van der Waals surface area contributed by atoms with Gasteiger partial charge >= 0.3 is 6.09 Å². The smallest absolute Gasteiger partial charge is 0.411 e. The van der Waals surface area contributed by atoms with Crippen LogP contribution >= 0.6 is 0 Å². The summed E-state index contributed by atoms with van der Waals surface area (Å²) in [4.78, 5) is 26.7. The number of ether oxygens (including phenoxy) is 1. The molecule has 0 atom stereocenters. The first-order valence-corrected chi connectivity index (χ1v) is 11.4. The van der Waals surface area contributed by atoms with Crippen LogP contribution in [0.2, 0.25) is 0 Å². The number of likely N-dealkylation sites (tertiary alicyclic amines) is 1. The number of piperidine rings is 1. The summed E-state index contributed by atoms with van der Waals surface area (Å²) in [7, 11) is 0. The number of anilines is 1. The number of carbonyl (C=O) groups is 2. The molecule has 6 nitrogen and oxygen atoms in total. The van der Waals surface area contributed by atoms with Crippen LogP contribution in [0, 0.1) is 18.3 Å². The van der Waals surface area contributed by atoms with Crippen LogP contribution in [0.25, 0.3) is 0 Å². The van der Waals surface area contributed by atoms with Gasteiger partial charge in [-0.15, -0.1) is 0 Å². The van der Waals surface area contributed by atoms with E-state index in [1.807, 2.05) is 62.9 Å². The van der Waals surface area contributed by atoms with Gasteiger partial charge in [-0.2, -0.15) is 5.26 Å². The summed E-state index contributed by atoms with van der Waals surface area (Å²) in [5.41, 5.74) is 3.90. The standard InChI is InChI=1S/C24H27N3O3.C2H6/c1-3-14-30-24(29)26-22-15-21(7-4-17(22)2)23(28)27-12-10-20(11-13-27)19-8-5-18(16-25)6-9-19;1-2/h4-9,15,20H,3,10-14H2,1-2H3,(H,26,29);1-2H3. The van der Waals surface area contributed by atoms with Crippen LogP contribution in [0.5, 0.6) is 0 Å². The van der Waals surface area contributed by atoms with Crippen molar-refractivity contribution in [3.05, 3.63) is 64.7 Å². The Morgan fingerprint density at radius 3 is 2.38 bits per heavy atom. The first-order valence-electron chi connectivity index (χ1n) is 11.4. The molecule has 3 rings (SSSR count). The lowest BCUT2D eigenvalue weighted by Crippen LogP contribution is -2.38. The quantitative estimate of drug-likeness (QED) is 0.636. The van der Waals surface area contributed by atoms with E-state index < -0.39 is 6.09 Å². The van der Waals surface area contributed by atoms with Crippen LogP contribution in [-0.4, -0.2) is 36.6 Å². The van der Waals surface area contributed by atoms with Gasteiger partial charge in [-0.25, -0.2) is 4.79 Å². The van der Waals surface area contributed by atoms with Crippen molar-refractivity contribution < 1.29 is 14.3 Å². The van der Waals surface area contributed by atoms with Gasteiger partial charge in [-0.3, -0.25) is 10.1 Å². The highest BCUT2D eigenvalue weighted by Crippen LogP contribution is 2.29. The summed E-state index contributed by atoms with van der Waals surface area (Å²) in [5.74, 6) is 0.364. The predicted octanol–water partition coefficient (Wildman–Crippen LogP) is 5.87. The number of carbonyl (C=O) groups excluding carboxylic acids is 2. The van der Waals surface area contributed by atoms with Crippen molar-refractivity contribution >= 4 is 17.7 Å². The Morgan fingerprint density at radius 1 is 1.12 bits per heavy atom. The van der Waals surface area contributed by atoms with Crippen molar-refractivity contribution in [1.82, 2.24) is 4.90 Å². The number of aryl methyl sites for hydroxylation is 1. The van der Waals surface area contributed by atoms with Crippen LogP contribution in [0.4, 0.5) is 10.5 Å². The van der Waals surface area contributed by atoms with Gasteiger partial charge in [0.2, 0.25) is 0 Å². The Labute approximate surface area is 191 Å². The van der Waals surface area contributed by atoms with Crippen LogP contribution in [0.15, 0.2) is 42.5 Å². The normalized spacial score (nSPS) is 13.4. The first-order chi connectivity index (χ1) is 15.5. The van der Waals surface area contributed by atoms with E-state index >= 15 is 0 Å². The highest BCUT2D eigenvalue weighted by atomic mass is 16.5. The maximum Gasteiger partial charge on any atom is 0.411 e. The fraction of sp³-hybridized carbons (Fsp3) is 0.423. The molecule has 2 aromatic carbocycles. The molecule has 0 aromatic heterocycles. The molecular weight excluding hydrogens is 402 g/mol. The number of hydrogen-bond acceptors (Lipinski definition) is 4. The van der Waals surface area contributed by atoms with Crippen molar-refractivity contribution in [3.63, 3.8) is 0 Å². The van der Waals surface area contributed by atoms with Crippen molar-refractivity contribution in [2.24, 2.45) is 0 Å². The van der Waals surface area contributed by atoms with Crippen molar-refractivity contribution in [2.45, 2.75) is 52.9 Å². The molecule has 0 bridgehead atoms. The van der Waals surface area contributed by atoms with Crippen LogP contribution < -0.4 is 5.32 Å². The Hall–Kier alpha value is -3.33. The number of nitrogens with zero attached hydrogens (tertiary/aromatic N) is 2. The average molecular weight is 436 g/mol. The third-order valence-electron chi connectivity index (χ3n) is 5.45. The molecule has 1 fully saturated rings. The van der Waals surface area contributed by atoms with E-state index in [0.29, 0.717) is 42.4 Å². The van der Waals surface area contributed by atoms with Gasteiger partial charge < -0.3 is 9.64 Å². The zero-order valence-electron chi connectivity index (χ0n) is 19.5. The summed E-state index contributed by atoms with van der Waals surface area (Å²) in [6.45, 7) is 9.53. The van der Waals surface area contributed by atoms with Crippen LogP contribution in [0.3, 0.4) is 0 Å². The maximum absolute atomic E-state index is 13.0. The zero-order chi connectivity index (χ0) is 23.5. The Morgan fingerprint density at radius 2 is 1.78 bits per heavy atom. The van der Waals surface area contributed by atoms with E-state index in [1.165, 1.54) is 5.56 Å². The van der Waals surface area contributed by atoms with Gasteiger partial charge in [-0.05, 0) is 67.5 Å². The number of rotatable bonds is 5. The first kappa shape index (κ1) is 24.9. The van der Waals surface area contributed by atoms with Gasteiger partial charge in [0.05, 0.1) is 18.2 Å². The van der Waals surface area contributed by atoms with Crippen molar-refractivity contribution in [3.8, 4) is 6.07 Å². The minimum atomic E-state index is -0.507. The van der Waals surface area contributed by atoms with E-state index in [9.17, 15) is 9.59 Å². The van der Waals surface area contributed by atoms with Gasteiger partial charge in [0.1, 0.15) is 0 Å². The van der Waals surface area contributed by atoms with Crippen molar-refractivity contribution in [2.75, 3.05) is 25.0 Å². The number of benzene rings is 2. The van der Waals surface area contributed by atoms with Crippen molar-refractivity contribution in [1.29, 1.82) is 5.26 Å². The zero-order valence-corrected chi connectivity index (χ0v) is 19.5. The Balaban J connectivity index is 0.00000176. The maximum atomic E-state index is 13.0. The fourth-order valence-electron chi connectivity index (χ4n) is 3.66. The lowest BCUT2D eigenvalue weighted by Gasteiger charge is -2.32. The summed E-state index contributed by atoms with van der Waals surface area (Å²) in [6, 6.07) is 15.2. The van der Waals surface area contributed by atoms with E-state index in [1.54, 1.807) is 12.1 Å². The predicted molar refractivity (Wildman–Crippen MR) is 127 cm³/mol. The lowest BCUT2D eigenvalue weighted by atomic mass is 9.89. The monoisotopic (exact) mass is 435 g/mol. The molecule has 1 heterocycles. The molecule has 32 heavy (non-hydrogen) atoms. The summed E-state index contributed by atoms with van der Waals surface area (Å²) in [5, 5.41) is 11.7. The van der Waals surface area contributed by atoms with Crippen LogP contribution in [0.1, 0.15) is 73.0 Å². The minimum absolute atomic E-state index is 0.0294. The molecule has 1 N–H and O–H groups in total. The van der Waals surface area contributed by atoms with Gasteiger partial charge in [-0.1, -0.05) is 39.0 Å². The summed E-state index contributed by atoms with van der Waals surface area (Å²) >= 11 is 0. The fourth-order valence-corrected chi connectivity index (χ4v) is 3.66. The SMILES string of the molecule is CC.CCCOC(=O)Nc1cc(C(=O)N2CCC(c3ccc(C#N)cc3)CC2)ccc1C. The number of nitriles is 1. The molecule has 0 aliphatic carbocycles. The van der Waals surface area contributed by atoms with Gasteiger partial charge in [0.25, 0.3) is 5.91 Å². The largest absolute Gasteiger partial charge is 0.449 e. The Kier molecular flexibility index (Phi) is 9.75. The summed E-state index contributed by atoms with van der Waals surface area (Å²) < 4.78 is 5.07. The highest BCUT2D eigenvalue weighted by molar-refractivity contribution is 5.96. The Bertz CT molecular complexity index is 940. The van der Waals surface area contributed by atoms with E-state index in [4.69, 9.17) is 10.00 Å². The van der Waals surface area contributed by atoms with Crippen LogP contribution in [-0.2, 0) is 4.74 Å². The van der Waals surface area contributed by atoms with E-state index in [2.05, 4.69) is 11.4 Å². The molecule has 2 amide bonds.